The van der Waals surface area contributed by atoms with E-state index in [-0.39, 0.29) is 0 Å². The lowest BCUT2D eigenvalue weighted by Crippen LogP contribution is -1.91. The number of hydrogen-bond donors (Lipinski definition) is 0. The van der Waals surface area contributed by atoms with E-state index in [0.29, 0.717) is 0 Å². The van der Waals surface area contributed by atoms with Crippen LogP contribution >= 0.6 is 0 Å². The van der Waals surface area contributed by atoms with Crippen LogP contribution in [0.5, 0.6) is 0 Å². The number of aryl methyl sites for hydroxylation is 1. The summed E-state index contributed by atoms with van der Waals surface area (Å²) in [5.41, 5.74) is 8.86. The van der Waals surface area contributed by atoms with Crippen molar-refractivity contribution in [3.8, 4) is 33.4 Å². The zero-order chi connectivity index (χ0) is 24.8. The Morgan fingerprint density at radius 1 is 0.324 bits per heavy atom. The molecule has 0 atom stereocenters. The van der Waals surface area contributed by atoms with Crippen LogP contribution in [0.3, 0.4) is 0 Å². The van der Waals surface area contributed by atoms with Gasteiger partial charge >= 0.3 is 0 Å². The van der Waals surface area contributed by atoms with Crippen LogP contribution in [-0.4, -0.2) is 0 Å². The van der Waals surface area contributed by atoms with Gasteiger partial charge < -0.3 is 0 Å². The maximum atomic E-state index is 2.39. The van der Waals surface area contributed by atoms with E-state index in [4.69, 9.17) is 0 Å². The third-order valence-corrected chi connectivity index (χ3v) is 7.48. The average Bonchev–Trinajstić information content (AvgIpc) is 2.96. The van der Waals surface area contributed by atoms with Crippen LogP contribution in [0.25, 0.3) is 65.7 Å². The molecule has 0 heteroatoms. The van der Waals surface area contributed by atoms with Crippen LogP contribution < -0.4 is 0 Å². The van der Waals surface area contributed by atoms with Crippen molar-refractivity contribution >= 4 is 32.3 Å². The van der Waals surface area contributed by atoms with Gasteiger partial charge in [0, 0.05) is 0 Å². The highest BCUT2D eigenvalue weighted by Crippen LogP contribution is 2.44. The number of rotatable bonds is 3. The first-order chi connectivity index (χ1) is 18.3. The van der Waals surface area contributed by atoms with Crippen molar-refractivity contribution in [2.45, 2.75) is 6.92 Å². The predicted octanol–water partition coefficient (Wildman–Crippen LogP) is 10.5. The molecule has 0 N–H and O–H groups in total. The second-order valence-electron chi connectivity index (χ2n) is 9.85. The second-order valence-corrected chi connectivity index (χ2v) is 9.85. The van der Waals surface area contributed by atoms with Gasteiger partial charge in [-0.1, -0.05) is 133 Å². The van der Waals surface area contributed by atoms with Crippen LogP contribution in [0.1, 0.15) is 5.56 Å². The van der Waals surface area contributed by atoms with Crippen LogP contribution in [0.2, 0.25) is 0 Å². The summed E-state index contributed by atoms with van der Waals surface area (Å²) < 4.78 is 0. The van der Waals surface area contributed by atoms with Crippen LogP contribution in [0.4, 0.5) is 0 Å². The summed E-state index contributed by atoms with van der Waals surface area (Å²) in [6, 6.07) is 51.0. The Bertz CT molecular complexity index is 1910. The molecule has 0 fully saturated rings. The van der Waals surface area contributed by atoms with Gasteiger partial charge in [0.1, 0.15) is 0 Å². The summed E-state index contributed by atoms with van der Waals surface area (Å²) >= 11 is 0. The van der Waals surface area contributed by atoms with Gasteiger partial charge in [-0.3, -0.25) is 0 Å². The highest BCUT2D eigenvalue weighted by Gasteiger charge is 2.17. The van der Waals surface area contributed by atoms with E-state index in [1.54, 1.807) is 0 Å². The van der Waals surface area contributed by atoms with Gasteiger partial charge in [0.2, 0.25) is 0 Å². The lowest BCUT2D eigenvalue weighted by Gasteiger charge is -2.18. The molecule has 0 heterocycles. The topological polar surface area (TPSA) is 0 Å². The molecule has 37 heavy (non-hydrogen) atoms. The highest BCUT2D eigenvalue weighted by molar-refractivity contribution is 6.22. The van der Waals surface area contributed by atoms with Gasteiger partial charge in [0.05, 0.1) is 0 Å². The van der Waals surface area contributed by atoms with Crippen molar-refractivity contribution in [1.82, 2.24) is 0 Å². The van der Waals surface area contributed by atoms with E-state index in [2.05, 4.69) is 146 Å². The summed E-state index contributed by atoms with van der Waals surface area (Å²) in [5, 5.41) is 7.69. The van der Waals surface area contributed by atoms with Gasteiger partial charge in [0.15, 0.2) is 0 Å². The molecule has 0 bridgehead atoms. The molecule has 0 aromatic heterocycles. The minimum atomic E-state index is 1.24. The molecule has 0 aliphatic rings. The average molecular weight is 471 g/mol. The van der Waals surface area contributed by atoms with Crippen LogP contribution in [-0.2, 0) is 0 Å². The molecule has 0 spiro atoms. The number of fused-ring (bicyclic) bond motifs is 3. The van der Waals surface area contributed by atoms with E-state index in [0.717, 1.165) is 0 Å². The predicted molar refractivity (Wildman–Crippen MR) is 160 cm³/mol. The van der Waals surface area contributed by atoms with E-state index >= 15 is 0 Å². The van der Waals surface area contributed by atoms with Crippen LogP contribution in [0, 0.1) is 6.92 Å². The van der Waals surface area contributed by atoms with Gasteiger partial charge in [-0.15, -0.1) is 0 Å². The highest BCUT2D eigenvalue weighted by atomic mass is 14.2. The van der Waals surface area contributed by atoms with Crippen molar-refractivity contribution in [1.29, 1.82) is 0 Å². The molecule has 7 aromatic carbocycles. The normalized spacial score (nSPS) is 11.4. The molecular weight excluding hydrogens is 444 g/mol. The summed E-state index contributed by atoms with van der Waals surface area (Å²) in [4.78, 5) is 0. The Hall–Kier alpha value is -4.68. The quantitative estimate of drug-likeness (QED) is 0.225. The van der Waals surface area contributed by atoms with Gasteiger partial charge in [-0.2, -0.15) is 0 Å². The lowest BCUT2D eigenvalue weighted by molar-refractivity contribution is 1.50. The Kier molecular flexibility index (Phi) is 5.11. The Morgan fingerprint density at radius 3 is 1.49 bits per heavy atom. The van der Waals surface area contributed by atoms with E-state index < -0.39 is 0 Å². The fourth-order valence-electron chi connectivity index (χ4n) is 5.73. The van der Waals surface area contributed by atoms with E-state index in [1.807, 2.05) is 0 Å². The SMILES string of the molecule is Cc1ccc2cc(-c3ccc4c(-c5ccccc5)c5ccccc5c(-c5ccccc5)c4c3)ccc2c1. The summed E-state index contributed by atoms with van der Waals surface area (Å²) in [6.45, 7) is 2.15. The first-order valence-electron chi connectivity index (χ1n) is 12.9. The summed E-state index contributed by atoms with van der Waals surface area (Å²) in [7, 11) is 0. The zero-order valence-corrected chi connectivity index (χ0v) is 20.8. The molecule has 7 aromatic rings. The largest absolute Gasteiger partial charge is 0.0622 e. The maximum absolute atomic E-state index is 2.39. The summed E-state index contributed by atoms with van der Waals surface area (Å²) in [6.07, 6.45) is 0. The molecule has 174 valence electrons. The Labute approximate surface area is 217 Å². The monoisotopic (exact) mass is 470 g/mol. The minimum absolute atomic E-state index is 1.24. The third kappa shape index (κ3) is 3.70. The van der Waals surface area contributed by atoms with Crippen molar-refractivity contribution in [3.63, 3.8) is 0 Å². The molecule has 0 aliphatic carbocycles. The molecule has 7 rings (SSSR count). The standard InChI is InChI=1S/C37H26/c1-25-16-17-29-23-30(19-18-28(29)22-25)31-20-21-34-35(24-31)37(27-12-6-3-7-13-27)33-15-9-8-14-32(33)36(34)26-10-4-2-5-11-26/h2-24H,1H3. The van der Waals surface area contributed by atoms with Gasteiger partial charge in [0.25, 0.3) is 0 Å². The first kappa shape index (κ1) is 21.6. The first-order valence-corrected chi connectivity index (χ1v) is 12.9. The van der Waals surface area contributed by atoms with Crippen molar-refractivity contribution in [3.05, 3.63) is 145 Å². The molecule has 0 aliphatic heterocycles. The van der Waals surface area contributed by atoms with Gasteiger partial charge in [-0.05, 0) is 84.8 Å². The molecule has 0 unspecified atom stereocenters. The molecular formula is C37H26. The van der Waals surface area contributed by atoms with Crippen LogP contribution in [0.15, 0.2) is 140 Å². The smallest absolute Gasteiger partial charge is 0.00262 e. The fraction of sp³-hybridized carbons (Fsp3) is 0.0270. The number of benzene rings is 7. The number of hydrogen-bond acceptors (Lipinski definition) is 0. The van der Waals surface area contributed by atoms with Gasteiger partial charge in [-0.25, -0.2) is 0 Å². The zero-order valence-electron chi connectivity index (χ0n) is 20.8. The minimum Gasteiger partial charge on any atom is -0.0622 e. The molecule has 0 nitrogen and oxygen atoms in total. The third-order valence-electron chi connectivity index (χ3n) is 7.48. The molecule has 0 radical (unpaired) electrons. The fourth-order valence-corrected chi connectivity index (χ4v) is 5.73. The van der Waals surface area contributed by atoms with Crippen molar-refractivity contribution < 1.29 is 0 Å². The Balaban J connectivity index is 1.58. The van der Waals surface area contributed by atoms with E-state index in [9.17, 15) is 0 Å². The van der Waals surface area contributed by atoms with Crippen molar-refractivity contribution in [2.75, 3.05) is 0 Å². The lowest BCUT2D eigenvalue weighted by atomic mass is 9.85. The maximum Gasteiger partial charge on any atom is -0.00262 e. The van der Waals surface area contributed by atoms with Crippen molar-refractivity contribution in [2.24, 2.45) is 0 Å². The Morgan fingerprint density at radius 2 is 0.811 bits per heavy atom. The molecule has 0 saturated heterocycles. The summed E-state index contributed by atoms with van der Waals surface area (Å²) in [5.74, 6) is 0. The van der Waals surface area contributed by atoms with E-state index in [1.165, 1.54) is 71.3 Å². The molecule has 0 saturated carbocycles. The molecule has 0 amide bonds. The second kappa shape index (κ2) is 8.76.